The van der Waals surface area contributed by atoms with E-state index in [0.29, 0.717) is 17.7 Å². The molecule has 0 aliphatic heterocycles. The molecule has 0 saturated heterocycles. The smallest absolute Gasteiger partial charge is 0.269 e. The summed E-state index contributed by atoms with van der Waals surface area (Å²) in [5.74, 6) is -0.558. The Kier molecular flexibility index (Phi) is 7.80. The number of H-pyrrole nitrogens is 1. The van der Waals surface area contributed by atoms with Crippen LogP contribution in [0.5, 0.6) is 0 Å². The molecule has 4 rings (SSSR count). The van der Waals surface area contributed by atoms with Crippen LogP contribution in [0.1, 0.15) is 16.8 Å². The molecule has 11 nitrogen and oxygen atoms in total. The molecule has 0 spiro atoms. The summed E-state index contributed by atoms with van der Waals surface area (Å²) >= 11 is 1.78. The molecule has 2 N–H and O–H groups in total. The molecule has 2 aromatic heterocycles. The second-order valence-corrected chi connectivity index (χ2v) is 11.8. The largest absolute Gasteiger partial charge is 0.301 e. The minimum Gasteiger partial charge on any atom is -0.301 e. The van der Waals surface area contributed by atoms with Crippen molar-refractivity contribution in [2.75, 3.05) is 11.1 Å². The summed E-state index contributed by atoms with van der Waals surface area (Å²) in [4.78, 5) is 46.0. The van der Waals surface area contributed by atoms with Crippen LogP contribution in [-0.4, -0.2) is 40.0 Å². The Morgan fingerprint density at radius 3 is 2.51 bits per heavy atom. The van der Waals surface area contributed by atoms with Gasteiger partial charge in [-0.25, -0.2) is 18.4 Å². The molecule has 14 heteroatoms. The molecule has 2 aromatic carbocycles. The normalized spacial score (nSPS) is 11.3. The number of carbonyl (C=O) groups excluding carboxylic acids is 1. The van der Waals surface area contributed by atoms with Crippen molar-refractivity contribution in [3.05, 3.63) is 98.1 Å². The van der Waals surface area contributed by atoms with Crippen molar-refractivity contribution in [1.82, 2.24) is 15.0 Å². The molecule has 0 bridgehead atoms. The zero-order valence-corrected chi connectivity index (χ0v) is 21.7. The summed E-state index contributed by atoms with van der Waals surface area (Å²) in [6, 6.07) is 14.0. The number of nitrogens with zero attached hydrogens (tertiary/aromatic N) is 3. The van der Waals surface area contributed by atoms with Gasteiger partial charge in [-0.3, -0.25) is 19.7 Å². The molecule has 0 unspecified atom stereocenters. The second-order valence-electron chi connectivity index (χ2n) is 7.67. The van der Waals surface area contributed by atoms with Crippen molar-refractivity contribution < 1.29 is 18.1 Å². The van der Waals surface area contributed by atoms with E-state index in [4.69, 9.17) is 0 Å². The highest BCUT2D eigenvalue weighted by molar-refractivity contribution is 7.99. The molecule has 4 aromatic rings. The van der Waals surface area contributed by atoms with Crippen LogP contribution < -0.4 is 10.9 Å². The number of amides is 1. The number of sulfone groups is 1. The predicted molar refractivity (Wildman–Crippen MR) is 139 cm³/mol. The van der Waals surface area contributed by atoms with Gasteiger partial charge in [-0.2, -0.15) is 0 Å². The van der Waals surface area contributed by atoms with Crippen LogP contribution in [0.15, 0.2) is 79.8 Å². The maximum Gasteiger partial charge on any atom is 0.269 e. The molecule has 0 fully saturated rings. The molecule has 0 aliphatic rings. The third-order valence-electron chi connectivity index (χ3n) is 5.12. The number of rotatable bonds is 9. The first kappa shape index (κ1) is 26.2. The number of anilines is 1. The van der Waals surface area contributed by atoms with E-state index < -0.39 is 20.7 Å². The Morgan fingerprint density at radius 1 is 1.16 bits per heavy atom. The zero-order valence-electron chi connectivity index (χ0n) is 19.2. The Bertz CT molecular complexity index is 1620. The number of aromatic nitrogens is 3. The van der Waals surface area contributed by atoms with Crippen LogP contribution in [-0.2, 0) is 21.1 Å². The third kappa shape index (κ3) is 6.28. The summed E-state index contributed by atoms with van der Waals surface area (Å²) in [5, 5.41) is 13.7. The van der Waals surface area contributed by atoms with Gasteiger partial charge in [-0.05, 0) is 24.6 Å². The van der Waals surface area contributed by atoms with Gasteiger partial charge in [0.05, 0.1) is 21.8 Å². The Labute approximate surface area is 219 Å². The van der Waals surface area contributed by atoms with Gasteiger partial charge >= 0.3 is 0 Å². The first-order chi connectivity index (χ1) is 17.6. The number of carbonyl (C=O) groups is 1. The van der Waals surface area contributed by atoms with E-state index in [1.807, 2.05) is 30.3 Å². The molecule has 1 amide bonds. The van der Waals surface area contributed by atoms with Crippen LogP contribution in [0.3, 0.4) is 0 Å². The number of thioether (sulfide) groups is 1. The number of nitrogens with one attached hydrogen (secondary N) is 2. The van der Waals surface area contributed by atoms with Crippen molar-refractivity contribution >= 4 is 49.7 Å². The minimum atomic E-state index is -3.96. The number of nitro benzene ring substituents is 1. The fraction of sp³-hybridized carbons (Fsp3) is 0.130. The maximum atomic E-state index is 12.8. The lowest BCUT2D eigenvalue weighted by atomic mass is 10.1. The molecule has 0 aliphatic carbocycles. The highest BCUT2D eigenvalue weighted by Gasteiger charge is 2.22. The monoisotopic (exact) mass is 557 g/mol. The van der Waals surface area contributed by atoms with E-state index in [0.717, 1.165) is 59.1 Å². The third-order valence-corrected chi connectivity index (χ3v) is 9.13. The summed E-state index contributed by atoms with van der Waals surface area (Å²) in [7, 11) is -3.96. The molecule has 2 heterocycles. The van der Waals surface area contributed by atoms with E-state index in [-0.39, 0.29) is 36.4 Å². The first-order valence-electron chi connectivity index (χ1n) is 10.7. The number of thiazole rings is 1. The van der Waals surface area contributed by atoms with Crippen LogP contribution in [0.25, 0.3) is 0 Å². The first-order valence-corrected chi connectivity index (χ1v) is 13.9. The molecular formula is C23H19N5O6S3. The Hall–Kier alpha value is -3.88. The molecular weight excluding hydrogens is 538 g/mol. The van der Waals surface area contributed by atoms with Crippen LogP contribution in [0.4, 0.5) is 10.8 Å². The van der Waals surface area contributed by atoms with Crippen LogP contribution >= 0.6 is 23.1 Å². The topological polar surface area (TPSA) is 165 Å². The van der Waals surface area contributed by atoms with E-state index >= 15 is 0 Å². The quantitative estimate of drug-likeness (QED) is 0.135. The van der Waals surface area contributed by atoms with Crippen LogP contribution in [0.2, 0.25) is 0 Å². The van der Waals surface area contributed by atoms with Gasteiger partial charge in [-0.1, -0.05) is 53.4 Å². The molecule has 0 saturated carbocycles. The number of hydrogen-bond acceptors (Lipinski definition) is 10. The molecule has 0 atom stereocenters. The maximum absolute atomic E-state index is 12.8. The average Bonchev–Trinajstić information content (AvgIpc) is 3.35. The highest BCUT2D eigenvalue weighted by atomic mass is 32.2. The lowest BCUT2D eigenvalue weighted by molar-refractivity contribution is -0.384. The predicted octanol–water partition coefficient (Wildman–Crippen LogP) is 3.60. The average molecular weight is 558 g/mol. The van der Waals surface area contributed by atoms with E-state index in [9.17, 15) is 28.1 Å². The van der Waals surface area contributed by atoms with Gasteiger partial charge in [0.2, 0.25) is 15.7 Å². The van der Waals surface area contributed by atoms with Gasteiger partial charge in [0.15, 0.2) is 10.3 Å². The SMILES string of the molecule is Cc1nc(SCC(=O)Nc2ncc(S(=O)(=O)c3ccc([N+](=O)[O-])cc3)s2)[nH]c(=O)c1Cc1ccccc1. The van der Waals surface area contributed by atoms with Gasteiger partial charge in [0.1, 0.15) is 4.21 Å². The summed E-state index contributed by atoms with van der Waals surface area (Å²) in [6.45, 7) is 1.74. The van der Waals surface area contributed by atoms with E-state index in [1.54, 1.807) is 6.92 Å². The lowest BCUT2D eigenvalue weighted by Crippen LogP contribution is -2.19. The standard InChI is InChI=1S/C23H19N5O6S3/c1-14-18(11-15-5-3-2-4-6-15)21(30)27-23(25-14)35-13-19(29)26-22-24-12-20(36-22)37(33,34)17-9-7-16(8-10-17)28(31)32/h2-10,12H,11,13H2,1H3,(H,24,26,29)(H,25,27,30). The summed E-state index contributed by atoms with van der Waals surface area (Å²) in [6.07, 6.45) is 1.55. The second kappa shape index (κ2) is 11.0. The summed E-state index contributed by atoms with van der Waals surface area (Å²) < 4.78 is 25.4. The number of aryl methyl sites for hydroxylation is 1. The van der Waals surface area contributed by atoms with Crippen molar-refractivity contribution in [3.63, 3.8) is 0 Å². The number of benzene rings is 2. The van der Waals surface area contributed by atoms with Gasteiger partial charge in [0, 0.05) is 29.8 Å². The fourth-order valence-electron chi connectivity index (χ4n) is 3.25. The van der Waals surface area contributed by atoms with Gasteiger partial charge in [-0.15, -0.1) is 0 Å². The Morgan fingerprint density at radius 2 is 1.86 bits per heavy atom. The van der Waals surface area contributed by atoms with Crippen molar-refractivity contribution in [3.8, 4) is 0 Å². The molecule has 37 heavy (non-hydrogen) atoms. The number of hydrogen-bond donors (Lipinski definition) is 2. The number of aromatic amines is 1. The minimum absolute atomic E-state index is 0.0712. The number of non-ortho nitro benzene ring substituents is 1. The van der Waals surface area contributed by atoms with E-state index in [2.05, 4.69) is 20.3 Å². The Balaban J connectivity index is 1.38. The van der Waals surface area contributed by atoms with Crippen molar-refractivity contribution in [1.29, 1.82) is 0 Å². The lowest BCUT2D eigenvalue weighted by Gasteiger charge is -2.07. The fourth-order valence-corrected chi connectivity index (χ4v) is 6.41. The number of nitro groups is 1. The summed E-state index contributed by atoms with van der Waals surface area (Å²) in [5.41, 5.74) is 1.59. The molecule has 190 valence electrons. The molecule has 0 radical (unpaired) electrons. The van der Waals surface area contributed by atoms with Gasteiger partial charge in [0.25, 0.3) is 11.2 Å². The zero-order chi connectivity index (χ0) is 26.6. The van der Waals surface area contributed by atoms with E-state index in [1.165, 1.54) is 0 Å². The van der Waals surface area contributed by atoms with Crippen LogP contribution in [0, 0.1) is 17.0 Å². The van der Waals surface area contributed by atoms with Gasteiger partial charge < -0.3 is 10.3 Å². The van der Waals surface area contributed by atoms with Crippen molar-refractivity contribution in [2.45, 2.75) is 27.6 Å². The van der Waals surface area contributed by atoms with Crippen molar-refractivity contribution in [2.24, 2.45) is 0 Å². The highest BCUT2D eigenvalue weighted by Crippen LogP contribution is 2.29.